The zero-order valence-corrected chi connectivity index (χ0v) is 9.44. The number of nitrogens with one attached hydrogen (secondary N) is 1. The molecule has 2 aromatic rings. The van der Waals surface area contributed by atoms with E-state index in [0.717, 1.165) is 11.3 Å². The van der Waals surface area contributed by atoms with E-state index < -0.39 is 5.82 Å². The van der Waals surface area contributed by atoms with Crippen LogP contribution in [0, 0.1) is 12.7 Å². The Hall–Kier alpha value is -2.01. The Bertz CT molecular complexity index is 528. The molecule has 1 aromatic heterocycles. The third kappa shape index (κ3) is 2.39. The second-order valence-electron chi connectivity index (χ2n) is 3.61. The first kappa shape index (κ1) is 11.5. The molecule has 0 aliphatic carbocycles. The van der Waals surface area contributed by atoms with Gasteiger partial charge in [0.15, 0.2) is 11.6 Å². The van der Waals surface area contributed by atoms with Gasteiger partial charge in [-0.1, -0.05) is 18.2 Å². The van der Waals surface area contributed by atoms with Gasteiger partial charge in [-0.15, -0.1) is 0 Å². The van der Waals surface area contributed by atoms with Crippen molar-refractivity contribution in [1.29, 1.82) is 0 Å². The highest BCUT2D eigenvalue weighted by Crippen LogP contribution is 2.21. The number of anilines is 2. The number of hydrogen-bond acceptors (Lipinski definition) is 4. The molecule has 0 aliphatic rings. The molecule has 0 bridgehead atoms. The Balaban J connectivity index is 2.35. The van der Waals surface area contributed by atoms with Gasteiger partial charge < -0.3 is 11.1 Å². The van der Waals surface area contributed by atoms with E-state index in [9.17, 15) is 4.39 Å². The predicted octanol–water partition coefficient (Wildman–Crippen LogP) is 2.13. The molecule has 0 saturated carbocycles. The lowest BCUT2D eigenvalue weighted by Gasteiger charge is -2.10. The molecular formula is C12H13FN4. The normalized spacial score (nSPS) is 10.3. The first-order valence-corrected chi connectivity index (χ1v) is 5.24. The Labute approximate surface area is 98.7 Å². The molecule has 0 spiro atoms. The van der Waals surface area contributed by atoms with Gasteiger partial charge in [0.25, 0.3) is 0 Å². The highest BCUT2D eigenvalue weighted by molar-refractivity contribution is 5.60. The highest BCUT2D eigenvalue weighted by atomic mass is 19.1. The first-order chi connectivity index (χ1) is 8.22. The van der Waals surface area contributed by atoms with E-state index in [1.54, 1.807) is 6.92 Å². The minimum atomic E-state index is -0.445. The van der Waals surface area contributed by atoms with Crippen molar-refractivity contribution in [2.75, 3.05) is 5.32 Å². The average molecular weight is 232 g/mol. The minimum absolute atomic E-state index is 0.165. The predicted molar refractivity (Wildman–Crippen MR) is 64.3 cm³/mol. The smallest absolute Gasteiger partial charge is 0.186 e. The number of nitrogens with zero attached hydrogens (tertiary/aromatic N) is 2. The van der Waals surface area contributed by atoms with Crippen molar-refractivity contribution in [3.63, 3.8) is 0 Å². The van der Waals surface area contributed by atoms with Gasteiger partial charge in [-0.2, -0.15) is 0 Å². The van der Waals surface area contributed by atoms with Crippen LogP contribution in [0.5, 0.6) is 0 Å². The lowest BCUT2D eigenvalue weighted by atomic mass is 10.2. The van der Waals surface area contributed by atoms with Crippen LogP contribution in [0.2, 0.25) is 0 Å². The van der Waals surface area contributed by atoms with E-state index in [4.69, 9.17) is 5.73 Å². The van der Waals surface area contributed by atoms with E-state index in [-0.39, 0.29) is 5.82 Å². The number of nitrogens with two attached hydrogens (primary N) is 1. The van der Waals surface area contributed by atoms with Crippen LogP contribution >= 0.6 is 0 Å². The quantitative estimate of drug-likeness (QED) is 0.850. The van der Waals surface area contributed by atoms with Crippen molar-refractivity contribution in [2.45, 2.75) is 13.5 Å². The number of halogens is 1. The Kier molecular flexibility index (Phi) is 3.30. The summed E-state index contributed by atoms with van der Waals surface area (Å²) in [6.45, 7) is 1.98. The second kappa shape index (κ2) is 4.88. The van der Waals surface area contributed by atoms with Crippen molar-refractivity contribution >= 4 is 11.5 Å². The molecule has 0 fully saturated rings. The van der Waals surface area contributed by atoms with Gasteiger partial charge in [-0.25, -0.2) is 14.4 Å². The van der Waals surface area contributed by atoms with Crippen molar-refractivity contribution in [2.24, 2.45) is 5.73 Å². The van der Waals surface area contributed by atoms with Crippen LogP contribution in [-0.4, -0.2) is 9.97 Å². The summed E-state index contributed by atoms with van der Waals surface area (Å²) < 4.78 is 13.7. The lowest BCUT2D eigenvalue weighted by Crippen LogP contribution is -2.05. The minimum Gasteiger partial charge on any atom is -0.337 e. The zero-order chi connectivity index (χ0) is 12.3. The zero-order valence-electron chi connectivity index (χ0n) is 9.44. The fourth-order valence-corrected chi connectivity index (χ4v) is 1.49. The van der Waals surface area contributed by atoms with E-state index in [1.807, 2.05) is 24.3 Å². The Morgan fingerprint density at radius 3 is 2.82 bits per heavy atom. The molecule has 0 unspecified atom stereocenters. The highest BCUT2D eigenvalue weighted by Gasteiger charge is 2.09. The van der Waals surface area contributed by atoms with Gasteiger partial charge in [0.05, 0.1) is 5.69 Å². The van der Waals surface area contributed by atoms with E-state index >= 15 is 0 Å². The van der Waals surface area contributed by atoms with Gasteiger partial charge >= 0.3 is 0 Å². The van der Waals surface area contributed by atoms with Gasteiger partial charge in [0.1, 0.15) is 6.33 Å². The van der Waals surface area contributed by atoms with Crippen LogP contribution in [0.1, 0.15) is 11.3 Å². The third-order valence-electron chi connectivity index (χ3n) is 2.45. The summed E-state index contributed by atoms with van der Waals surface area (Å²) in [5, 5.41) is 2.93. The molecule has 1 aromatic carbocycles. The summed E-state index contributed by atoms with van der Waals surface area (Å²) in [5.74, 6) is -0.280. The molecule has 5 heteroatoms. The average Bonchev–Trinajstić information content (AvgIpc) is 2.35. The topological polar surface area (TPSA) is 63.8 Å². The molecule has 0 aliphatic heterocycles. The number of rotatable bonds is 3. The van der Waals surface area contributed by atoms with Gasteiger partial charge in [-0.05, 0) is 18.6 Å². The third-order valence-corrected chi connectivity index (χ3v) is 2.45. The van der Waals surface area contributed by atoms with E-state index in [2.05, 4.69) is 15.3 Å². The maximum atomic E-state index is 13.7. The molecule has 0 radical (unpaired) electrons. The fraction of sp³-hybridized carbons (Fsp3) is 0.167. The number of benzene rings is 1. The van der Waals surface area contributed by atoms with Crippen molar-refractivity contribution in [1.82, 2.24) is 9.97 Å². The number of aryl methyl sites for hydroxylation is 1. The Morgan fingerprint density at radius 2 is 2.06 bits per heavy atom. The van der Waals surface area contributed by atoms with Gasteiger partial charge in [0.2, 0.25) is 0 Å². The molecule has 3 N–H and O–H groups in total. The van der Waals surface area contributed by atoms with Crippen molar-refractivity contribution in [3.8, 4) is 0 Å². The molecular weight excluding hydrogens is 219 g/mol. The molecule has 88 valence electrons. The summed E-state index contributed by atoms with van der Waals surface area (Å²) in [4.78, 5) is 7.64. The number of aromatic nitrogens is 2. The maximum Gasteiger partial charge on any atom is 0.186 e. The lowest BCUT2D eigenvalue weighted by molar-refractivity contribution is 0.607. The van der Waals surface area contributed by atoms with Crippen molar-refractivity contribution in [3.05, 3.63) is 47.7 Å². The molecule has 17 heavy (non-hydrogen) atoms. The van der Waals surface area contributed by atoms with Crippen LogP contribution in [0.25, 0.3) is 0 Å². The fourth-order valence-electron chi connectivity index (χ4n) is 1.49. The van der Waals surface area contributed by atoms with Gasteiger partial charge in [0, 0.05) is 12.2 Å². The van der Waals surface area contributed by atoms with Crippen LogP contribution in [0.4, 0.5) is 15.9 Å². The monoisotopic (exact) mass is 232 g/mol. The molecule has 1 heterocycles. The van der Waals surface area contributed by atoms with Crippen molar-refractivity contribution < 1.29 is 4.39 Å². The van der Waals surface area contributed by atoms with E-state index in [1.165, 1.54) is 6.33 Å². The molecule has 0 amide bonds. The SMILES string of the molecule is Cc1ncnc(Nc2ccccc2CN)c1F. The largest absolute Gasteiger partial charge is 0.337 e. The molecule has 0 saturated heterocycles. The number of hydrogen-bond donors (Lipinski definition) is 2. The van der Waals surface area contributed by atoms with Crippen LogP contribution in [-0.2, 0) is 6.54 Å². The summed E-state index contributed by atoms with van der Waals surface area (Å²) in [5.41, 5.74) is 7.58. The van der Waals surface area contributed by atoms with Crippen LogP contribution < -0.4 is 11.1 Å². The summed E-state index contributed by atoms with van der Waals surface area (Å²) in [6, 6.07) is 7.45. The summed E-state index contributed by atoms with van der Waals surface area (Å²) in [6.07, 6.45) is 1.33. The first-order valence-electron chi connectivity index (χ1n) is 5.24. The second-order valence-corrected chi connectivity index (χ2v) is 3.61. The summed E-state index contributed by atoms with van der Waals surface area (Å²) in [7, 11) is 0. The molecule has 0 atom stereocenters. The Morgan fingerprint density at radius 1 is 1.29 bits per heavy atom. The van der Waals surface area contributed by atoms with E-state index in [0.29, 0.717) is 12.2 Å². The van der Waals surface area contributed by atoms with Crippen LogP contribution in [0.3, 0.4) is 0 Å². The summed E-state index contributed by atoms with van der Waals surface area (Å²) >= 11 is 0. The number of para-hydroxylation sites is 1. The maximum absolute atomic E-state index is 13.7. The molecule has 4 nitrogen and oxygen atoms in total. The molecule has 2 rings (SSSR count). The standard InChI is InChI=1S/C12H13FN4/c1-8-11(13)12(16-7-15-8)17-10-5-3-2-4-9(10)6-14/h2-5,7H,6,14H2,1H3,(H,15,16,17). The van der Waals surface area contributed by atoms with Crippen LogP contribution in [0.15, 0.2) is 30.6 Å². The van der Waals surface area contributed by atoms with Gasteiger partial charge in [-0.3, -0.25) is 0 Å².